The summed E-state index contributed by atoms with van der Waals surface area (Å²) in [6.07, 6.45) is 1.67. The second kappa shape index (κ2) is 4.46. The van der Waals surface area contributed by atoms with Gasteiger partial charge >= 0.3 is 0 Å². The highest BCUT2D eigenvalue weighted by Crippen LogP contribution is 2.19. The van der Waals surface area contributed by atoms with Gasteiger partial charge in [0, 0.05) is 12.1 Å². The molecule has 1 N–H and O–H groups in total. The summed E-state index contributed by atoms with van der Waals surface area (Å²) in [5.74, 6) is 0.454. The summed E-state index contributed by atoms with van der Waals surface area (Å²) in [7, 11) is 0. The van der Waals surface area contributed by atoms with Crippen molar-refractivity contribution >= 4 is 21.8 Å². The normalized spacial score (nSPS) is 12.2. The average Bonchev–Trinajstić information content (AvgIpc) is 2.45. The molecule has 0 bridgehead atoms. The molecule has 4 heteroatoms. The first-order chi connectivity index (χ1) is 6.54. The third kappa shape index (κ3) is 2.48. The van der Waals surface area contributed by atoms with Crippen LogP contribution in [0.1, 0.15) is 23.0 Å². The van der Waals surface area contributed by atoms with E-state index in [0.29, 0.717) is 16.0 Å². The summed E-state index contributed by atoms with van der Waals surface area (Å²) >= 11 is 3.17. The summed E-state index contributed by atoms with van der Waals surface area (Å²) in [6, 6.07) is 1.61. The number of carbonyl (C=O) groups excluding carboxylic acids is 1. The first-order valence-corrected chi connectivity index (χ1v) is 5.03. The minimum atomic E-state index is -0.149. The number of nitrogens with one attached hydrogen (secondary N) is 1. The lowest BCUT2D eigenvalue weighted by molar-refractivity contribution is 0.0945. The van der Waals surface area contributed by atoms with Gasteiger partial charge in [-0.25, -0.2) is 0 Å². The van der Waals surface area contributed by atoms with Gasteiger partial charge in [0.1, 0.15) is 5.76 Å². The Morgan fingerprint density at radius 2 is 2.43 bits per heavy atom. The van der Waals surface area contributed by atoms with Crippen molar-refractivity contribution in [3.05, 3.63) is 34.7 Å². The Labute approximate surface area is 91.3 Å². The molecule has 1 unspecified atom stereocenters. The molecule has 0 aliphatic carbocycles. The number of amides is 1. The zero-order valence-corrected chi connectivity index (χ0v) is 9.72. The highest BCUT2D eigenvalue weighted by molar-refractivity contribution is 9.10. The molecule has 3 nitrogen and oxygen atoms in total. The van der Waals surface area contributed by atoms with Gasteiger partial charge in [0.25, 0.3) is 5.91 Å². The maximum absolute atomic E-state index is 11.6. The van der Waals surface area contributed by atoms with Crippen LogP contribution in [0.2, 0.25) is 0 Å². The molecule has 0 aliphatic rings. The second-order valence-electron chi connectivity index (χ2n) is 3.02. The molecule has 76 valence electrons. The highest BCUT2D eigenvalue weighted by Gasteiger charge is 2.14. The van der Waals surface area contributed by atoms with Crippen molar-refractivity contribution in [3.63, 3.8) is 0 Å². The van der Waals surface area contributed by atoms with Gasteiger partial charge in [-0.15, -0.1) is 6.58 Å². The van der Waals surface area contributed by atoms with Gasteiger partial charge in [-0.05, 0) is 29.8 Å². The van der Waals surface area contributed by atoms with E-state index in [1.165, 1.54) is 0 Å². The summed E-state index contributed by atoms with van der Waals surface area (Å²) in [4.78, 5) is 11.6. The lowest BCUT2D eigenvalue weighted by atomic mass is 10.2. The van der Waals surface area contributed by atoms with E-state index in [1.807, 2.05) is 6.92 Å². The molecular weight excluding hydrogens is 246 g/mol. The fourth-order valence-electron chi connectivity index (χ4n) is 1.01. The number of hydrogen-bond acceptors (Lipinski definition) is 2. The molecule has 0 saturated heterocycles. The molecular formula is C10H12BrNO2. The van der Waals surface area contributed by atoms with Crippen LogP contribution in [0.25, 0.3) is 0 Å². The molecule has 0 aliphatic heterocycles. The molecule has 0 aromatic carbocycles. The molecule has 1 amide bonds. The first kappa shape index (κ1) is 11.0. The molecule has 0 radical (unpaired) electrons. The fourth-order valence-corrected chi connectivity index (χ4v) is 1.49. The van der Waals surface area contributed by atoms with Gasteiger partial charge in [-0.2, -0.15) is 0 Å². The van der Waals surface area contributed by atoms with Crippen molar-refractivity contribution in [2.24, 2.45) is 0 Å². The Morgan fingerprint density at radius 1 is 1.79 bits per heavy atom. The number of furan rings is 1. The standard InChI is InChI=1S/C10H12BrNO2/c1-4-6(2)12-10(13)8-5-9(11)14-7(8)3/h4-6H,1H2,2-3H3,(H,12,13). The summed E-state index contributed by atoms with van der Waals surface area (Å²) in [5.41, 5.74) is 0.547. The molecule has 1 aromatic rings. The van der Waals surface area contributed by atoms with Gasteiger partial charge < -0.3 is 9.73 Å². The smallest absolute Gasteiger partial charge is 0.255 e. The molecule has 1 aromatic heterocycles. The average molecular weight is 258 g/mol. The lowest BCUT2D eigenvalue weighted by Gasteiger charge is -2.07. The number of aryl methyl sites for hydroxylation is 1. The van der Waals surface area contributed by atoms with Gasteiger partial charge in [-0.1, -0.05) is 6.08 Å². The maximum Gasteiger partial charge on any atom is 0.255 e. The van der Waals surface area contributed by atoms with Crippen LogP contribution in [-0.4, -0.2) is 11.9 Å². The summed E-state index contributed by atoms with van der Waals surface area (Å²) in [5, 5.41) is 2.76. The van der Waals surface area contributed by atoms with E-state index in [9.17, 15) is 4.79 Å². The van der Waals surface area contributed by atoms with E-state index in [2.05, 4.69) is 27.8 Å². The van der Waals surface area contributed by atoms with E-state index >= 15 is 0 Å². The van der Waals surface area contributed by atoms with E-state index < -0.39 is 0 Å². The lowest BCUT2D eigenvalue weighted by Crippen LogP contribution is -2.30. The number of carbonyl (C=O) groups is 1. The number of rotatable bonds is 3. The van der Waals surface area contributed by atoms with Crippen LogP contribution in [0.3, 0.4) is 0 Å². The van der Waals surface area contributed by atoms with E-state index in [0.717, 1.165) is 0 Å². The van der Waals surface area contributed by atoms with Gasteiger partial charge in [-0.3, -0.25) is 4.79 Å². The second-order valence-corrected chi connectivity index (χ2v) is 3.80. The van der Waals surface area contributed by atoms with Crippen molar-refractivity contribution in [1.29, 1.82) is 0 Å². The summed E-state index contributed by atoms with van der Waals surface area (Å²) < 4.78 is 5.74. The van der Waals surface area contributed by atoms with E-state index in [-0.39, 0.29) is 11.9 Å². The minimum Gasteiger partial charge on any atom is -0.454 e. The van der Waals surface area contributed by atoms with E-state index in [1.54, 1.807) is 19.1 Å². The molecule has 14 heavy (non-hydrogen) atoms. The first-order valence-electron chi connectivity index (χ1n) is 4.24. The molecule has 1 atom stereocenters. The largest absolute Gasteiger partial charge is 0.454 e. The highest BCUT2D eigenvalue weighted by atomic mass is 79.9. The van der Waals surface area contributed by atoms with Crippen molar-refractivity contribution < 1.29 is 9.21 Å². The molecule has 1 heterocycles. The van der Waals surface area contributed by atoms with Crippen molar-refractivity contribution in [1.82, 2.24) is 5.32 Å². The third-order valence-corrected chi connectivity index (χ3v) is 2.24. The predicted molar refractivity (Wildman–Crippen MR) is 58.3 cm³/mol. The Balaban J connectivity index is 2.79. The quantitative estimate of drug-likeness (QED) is 0.847. The number of halogens is 1. The Morgan fingerprint density at radius 3 is 2.86 bits per heavy atom. The Kier molecular flexibility index (Phi) is 3.52. The number of hydrogen-bond donors (Lipinski definition) is 1. The third-order valence-electron chi connectivity index (χ3n) is 1.84. The minimum absolute atomic E-state index is 0.0458. The van der Waals surface area contributed by atoms with E-state index in [4.69, 9.17) is 4.42 Å². The van der Waals surface area contributed by atoms with Crippen LogP contribution < -0.4 is 5.32 Å². The van der Waals surface area contributed by atoms with Crippen molar-refractivity contribution in [2.45, 2.75) is 19.9 Å². The van der Waals surface area contributed by atoms with Gasteiger partial charge in [0.2, 0.25) is 0 Å². The van der Waals surface area contributed by atoms with Crippen LogP contribution >= 0.6 is 15.9 Å². The Bertz CT molecular complexity index is 357. The zero-order valence-electron chi connectivity index (χ0n) is 8.13. The van der Waals surface area contributed by atoms with Crippen molar-refractivity contribution in [2.75, 3.05) is 0 Å². The SMILES string of the molecule is C=CC(C)NC(=O)c1cc(Br)oc1C. The van der Waals surface area contributed by atoms with Crippen LogP contribution in [0.4, 0.5) is 0 Å². The summed E-state index contributed by atoms with van der Waals surface area (Å²) in [6.45, 7) is 7.19. The maximum atomic E-state index is 11.6. The topological polar surface area (TPSA) is 42.2 Å². The monoisotopic (exact) mass is 257 g/mol. The van der Waals surface area contributed by atoms with Crippen LogP contribution in [0.5, 0.6) is 0 Å². The van der Waals surface area contributed by atoms with Crippen molar-refractivity contribution in [3.8, 4) is 0 Å². The molecule has 1 rings (SSSR count). The van der Waals surface area contributed by atoms with Crippen LogP contribution in [0.15, 0.2) is 27.8 Å². The fraction of sp³-hybridized carbons (Fsp3) is 0.300. The molecule has 0 fully saturated rings. The molecule has 0 spiro atoms. The van der Waals surface area contributed by atoms with Gasteiger partial charge in [0.15, 0.2) is 4.67 Å². The van der Waals surface area contributed by atoms with Crippen LogP contribution in [0, 0.1) is 6.92 Å². The molecule has 0 saturated carbocycles. The zero-order chi connectivity index (χ0) is 10.7. The Hall–Kier alpha value is -1.03. The predicted octanol–water partition coefficient (Wildman–Crippen LogP) is 2.65. The van der Waals surface area contributed by atoms with Crippen LogP contribution in [-0.2, 0) is 0 Å². The van der Waals surface area contributed by atoms with Gasteiger partial charge in [0.05, 0.1) is 5.56 Å².